The van der Waals surface area contributed by atoms with Gasteiger partial charge in [-0.3, -0.25) is 4.79 Å². The predicted octanol–water partition coefficient (Wildman–Crippen LogP) is 2.37. The van der Waals surface area contributed by atoms with Crippen molar-refractivity contribution in [3.63, 3.8) is 0 Å². The van der Waals surface area contributed by atoms with Gasteiger partial charge in [0.2, 0.25) is 0 Å². The Morgan fingerprint density at radius 1 is 1.32 bits per heavy atom. The lowest BCUT2D eigenvalue weighted by atomic mass is 9.70. The molecular weight excluding hydrogens is 278 g/mol. The number of hydrogen-bond donors (Lipinski definition) is 1. The molecule has 4 heteroatoms. The summed E-state index contributed by atoms with van der Waals surface area (Å²) in [6, 6.07) is 6.56. The molecule has 0 radical (unpaired) electrons. The van der Waals surface area contributed by atoms with Gasteiger partial charge in [-0.2, -0.15) is 0 Å². The molecule has 2 saturated carbocycles. The molecule has 0 amide bonds. The van der Waals surface area contributed by atoms with Crippen molar-refractivity contribution in [2.45, 2.75) is 33.6 Å². The molecule has 22 heavy (non-hydrogen) atoms. The monoisotopic (exact) mass is 298 g/mol. The first-order chi connectivity index (χ1) is 10.3. The first-order valence-electron chi connectivity index (χ1n) is 7.61. The van der Waals surface area contributed by atoms with E-state index in [0.717, 1.165) is 18.4 Å². The molecule has 0 spiro atoms. The number of allylic oxidation sites excluding steroid dienone is 1. The lowest BCUT2D eigenvalue weighted by Gasteiger charge is -2.31. The topological polar surface area (TPSA) is 69.2 Å². The van der Waals surface area contributed by atoms with Crippen LogP contribution in [0.4, 0.5) is 5.69 Å². The normalized spacial score (nSPS) is 30.8. The third kappa shape index (κ3) is 1.83. The van der Waals surface area contributed by atoms with Gasteiger partial charge in [0.1, 0.15) is 0 Å². The Kier molecular flexibility index (Phi) is 3.17. The van der Waals surface area contributed by atoms with Crippen molar-refractivity contribution in [3.05, 3.63) is 41.6 Å². The fourth-order valence-electron chi connectivity index (χ4n) is 4.04. The van der Waals surface area contributed by atoms with Crippen molar-refractivity contribution in [1.29, 1.82) is 0 Å². The zero-order chi connectivity index (χ0) is 16.1. The van der Waals surface area contributed by atoms with E-state index < -0.39 is 5.97 Å². The highest BCUT2D eigenvalue weighted by Crippen LogP contribution is 2.65. The van der Waals surface area contributed by atoms with Crippen molar-refractivity contribution in [3.8, 4) is 0 Å². The van der Waals surface area contributed by atoms with E-state index in [1.54, 1.807) is 24.4 Å². The fraction of sp³-hybridized carbons (Fsp3) is 0.444. The lowest BCUT2D eigenvalue weighted by molar-refractivity contribution is -0.254. The SMILES string of the molecule is CC1(C)[C@@H]2CC[C@]1(C)C(=O)/C2=C\Nc1ccccc1C(=O)[O-]. The van der Waals surface area contributed by atoms with Crippen LogP contribution in [0.25, 0.3) is 0 Å². The van der Waals surface area contributed by atoms with Crippen LogP contribution >= 0.6 is 0 Å². The average molecular weight is 298 g/mol. The van der Waals surface area contributed by atoms with Crippen molar-refractivity contribution < 1.29 is 14.7 Å². The third-order valence-electron chi connectivity index (χ3n) is 5.90. The molecule has 0 saturated heterocycles. The summed E-state index contributed by atoms with van der Waals surface area (Å²) < 4.78 is 0. The molecule has 1 N–H and O–H groups in total. The van der Waals surface area contributed by atoms with Gasteiger partial charge in [0.05, 0.1) is 5.97 Å². The van der Waals surface area contributed by atoms with Crippen LogP contribution in [-0.4, -0.2) is 11.8 Å². The summed E-state index contributed by atoms with van der Waals surface area (Å²) in [5.74, 6) is -0.812. The Morgan fingerprint density at radius 2 is 2.00 bits per heavy atom. The minimum atomic E-state index is -1.23. The molecule has 1 aromatic rings. The van der Waals surface area contributed by atoms with Gasteiger partial charge in [-0.1, -0.05) is 39.0 Å². The number of hydrogen-bond acceptors (Lipinski definition) is 4. The number of carboxylic acids is 1. The van der Waals surface area contributed by atoms with Crippen molar-refractivity contribution >= 4 is 17.4 Å². The maximum Gasteiger partial charge on any atom is 0.167 e. The molecular formula is C18H20NO3-. The van der Waals surface area contributed by atoms with Crippen LogP contribution in [0.3, 0.4) is 0 Å². The Labute approximate surface area is 130 Å². The Morgan fingerprint density at radius 3 is 2.59 bits per heavy atom. The summed E-state index contributed by atoms with van der Waals surface area (Å²) in [5.41, 5.74) is 0.978. The summed E-state index contributed by atoms with van der Waals surface area (Å²) >= 11 is 0. The molecule has 4 nitrogen and oxygen atoms in total. The second-order valence-electron chi connectivity index (χ2n) is 7.05. The number of aromatic carboxylic acids is 1. The van der Waals surface area contributed by atoms with Gasteiger partial charge in [-0.05, 0) is 30.2 Å². The minimum absolute atomic E-state index is 0.0501. The van der Waals surface area contributed by atoms with E-state index in [0.29, 0.717) is 5.69 Å². The van der Waals surface area contributed by atoms with Crippen molar-refractivity contribution in [2.75, 3.05) is 5.32 Å². The smallest absolute Gasteiger partial charge is 0.167 e. The fourth-order valence-corrected chi connectivity index (χ4v) is 4.04. The number of anilines is 1. The summed E-state index contributed by atoms with van der Waals surface area (Å²) in [4.78, 5) is 23.8. The van der Waals surface area contributed by atoms with Gasteiger partial charge < -0.3 is 15.2 Å². The van der Waals surface area contributed by atoms with Gasteiger partial charge >= 0.3 is 0 Å². The molecule has 0 heterocycles. The Balaban J connectivity index is 1.93. The zero-order valence-electron chi connectivity index (χ0n) is 13.1. The molecule has 0 unspecified atom stereocenters. The highest BCUT2D eigenvalue weighted by Gasteiger charge is 2.63. The number of ketones is 1. The van der Waals surface area contributed by atoms with E-state index in [9.17, 15) is 14.7 Å². The van der Waals surface area contributed by atoms with E-state index in [2.05, 4.69) is 19.2 Å². The second kappa shape index (κ2) is 4.70. The van der Waals surface area contributed by atoms with E-state index in [1.807, 2.05) is 6.92 Å². The molecule has 2 aliphatic rings. The molecule has 0 aliphatic heterocycles. The standard InChI is InChI=1S/C18H21NO3/c1-17(2)13-8-9-18(17,3)15(20)12(13)10-19-14-7-5-4-6-11(14)16(21)22/h4-7,10,13,19H,8-9H2,1-3H3,(H,21,22)/p-1/b12-10-/t13-,18-/m1/s1. The molecule has 116 valence electrons. The Bertz CT molecular complexity index is 689. The van der Waals surface area contributed by atoms with Crippen molar-refractivity contribution in [2.24, 2.45) is 16.7 Å². The third-order valence-corrected chi connectivity index (χ3v) is 5.90. The minimum Gasteiger partial charge on any atom is -0.545 e. The largest absolute Gasteiger partial charge is 0.545 e. The van der Waals surface area contributed by atoms with E-state index >= 15 is 0 Å². The first-order valence-corrected chi connectivity index (χ1v) is 7.61. The summed E-state index contributed by atoms with van der Waals surface area (Å²) in [5, 5.41) is 14.1. The number of carbonyl (C=O) groups excluding carboxylic acids is 2. The molecule has 2 bridgehead atoms. The number of carbonyl (C=O) groups is 2. The average Bonchev–Trinajstić information content (AvgIpc) is 2.78. The number of rotatable bonds is 3. The van der Waals surface area contributed by atoms with Gasteiger partial charge in [0.25, 0.3) is 0 Å². The quantitative estimate of drug-likeness (QED) is 0.870. The molecule has 2 atom stereocenters. The van der Waals surface area contributed by atoms with E-state index in [4.69, 9.17) is 0 Å². The number of benzene rings is 1. The maximum absolute atomic E-state index is 12.7. The first kappa shape index (κ1) is 14.8. The second-order valence-corrected chi connectivity index (χ2v) is 7.05. The summed E-state index contributed by atoms with van der Waals surface area (Å²) in [6.45, 7) is 6.35. The number of fused-ring (bicyclic) bond motifs is 2. The van der Waals surface area contributed by atoms with Crippen LogP contribution < -0.4 is 10.4 Å². The van der Waals surface area contributed by atoms with Gasteiger partial charge in [0, 0.05) is 28.4 Å². The molecule has 1 aromatic carbocycles. The number of Topliss-reactive ketones (excluding diaryl/α,β-unsaturated/α-hetero) is 1. The lowest BCUT2D eigenvalue weighted by Crippen LogP contribution is -2.32. The zero-order valence-corrected chi connectivity index (χ0v) is 13.1. The molecule has 2 aliphatic carbocycles. The van der Waals surface area contributed by atoms with E-state index in [1.165, 1.54) is 6.07 Å². The summed E-state index contributed by atoms with van der Waals surface area (Å²) in [6.07, 6.45) is 3.63. The van der Waals surface area contributed by atoms with Crippen LogP contribution in [0.15, 0.2) is 36.0 Å². The van der Waals surface area contributed by atoms with Gasteiger partial charge in [0.15, 0.2) is 5.78 Å². The summed E-state index contributed by atoms with van der Waals surface area (Å²) in [7, 11) is 0. The Hall–Kier alpha value is -2.10. The van der Waals surface area contributed by atoms with Crippen LogP contribution in [0.1, 0.15) is 44.0 Å². The molecule has 2 fully saturated rings. The molecule has 0 aromatic heterocycles. The molecule has 3 rings (SSSR count). The number of carboxylic acid groups (broad SMARTS) is 1. The van der Waals surface area contributed by atoms with Crippen LogP contribution in [0, 0.1) is 16.7 Å². The number of para-hydroxylation sites is 1. The van der Waals surface area contributed by atoms with Gasteiger partial charge in [-0.25, -0.2) is 0 Å². The van der Waals surface area contributed by atoms with Crippen LogP contribution in [0.5, 0.6) is 0 Å². The van der Waals surface area contributed by atoms with Crippen molar-refractivity contribution in [1.82, 2.24) is 0 Å². The van der Waals surface area contributed by atoms with Crippen LogP contribution in [-0.2, 0) is 4.79 Å². The maximum atomic E-state index is 12.7. The predicted molar refractivity (Wildman–Crippen MR) is 82.1 cm³/mol. The highest BCUT2D eigenvalue weighted by atomic mass is 16.4. The highest BCUT2D eigenvalue weighted by molar-refractivity contribution is 6.05. The van der Waals surface area contributed by atoms with Gasteiger partial charge in [-0.15, -0.1) is 0 Å². The van der Waals surface area contributed by atoms with E-state index in [-0.39, 0.29) is 28.1 Å². The van der Waals surface area contributed by atoms with Crippen LogP contribution in [0.2, 0.25) is 0 Å². The number of nitrogens with one attached hydrogen (secondary N) is 1.